The van der Waals surface area contributed by atoms with Crippen LogP contribution in [0.25, 0.3) is 6.08 Å². The summed E-state index contributed by atoms with van der Waals surface area (Å²) in [5, 5.41) is 2.91. The molecular weight excluding hydrogens is 448 g/mol. The maximum atomic E-state index is 13.3. The number of methoxy groups -OCH3 is 1. The van der Waals surface area contributed by atoms with Gasteiger partial charge in [-0.15, -0.1) is 0 Å². The standard InChI is InChI=1S/C31H28N2O3/c1-36-29-18-16-27(17-19-29)32-30(34)22-26-13-8-14-28(21-26)33(23-25-11-6-3-7-12-25)31(35)20-15-24-9-4-2-5-10-24/h2-21H,22-23H2,1H3,(H,32,34)/b20-15+. The normalized spacial score (nSPS) is 10.7. The van der Waals surface area contributed by atoms with Crippen LogP contribution in [0.1, 0.15) is 16.7 Å². The molecule has 180 valence electrons. The van der Waals surface area contributed by atoms with Crippen LogP contribution in [0.15, 0.2) is 115 Å². The molecule has 0 unspecified atom stereocenters. The summed E-state index contributed by atoms with van der Waals surface area (Å²) in [5.74, 6) is 0.454. The summed E-state index contributed by atoms with van der Waals surface area (Å²) in [4.78, 5) is 27.7. The van der Waals surface area contributed by atoms with Crippen LogP contribution in [-0.4, -0.2) is 18.9 Å². The second kappa shape index (κ2) is 12.2. The summed E-state index contributed by atoms with van der Waals surface area (Å²) in [6.45, 7) is 0.417. The van der Waals surface area contributed by atoms with Crippen LogP contribution in [0.3, 0.4) is 0 Å². The molecule has 5 nitrogen and oxygen atoms in total. The summed E-state index contributed by atoms with van der Waals surface area (Å²) in [6, 6.07) is 34.3. The summed E-state index contributed by atoms with van der Waals surface area (Å²) in [5.41, 5.74) is 4.22. The van der Waals surface area contributed by atoms with Crippen LogP contribution in [0.4, 0.5) is 11.4 Å². The van der Waals surface area contributed by atoms with Crippen molar-refractivity contribution in [2.75, 3.05) is 17.3 Å². The van der Waals surface area contributed by atoms with Gasteiger partial charge in [0.05, 0.1) is 20.1 Å². The third-order valence-corrected chi connectivity index (χ3v) is 5.63. The predicted molar refractivity (Wildman–Crippen MR) is 145 cm³/mol. The van der Waals surface area contributed by atoms with Gasteiger partial charge in [0.25, 0.3) is 5.91 Å². The first-order valence-electron chi connectivity index (χ1n) is 11.7. The van der Waals surface area contributed by atoms with Gasteiger partial charge in [-0.1, -0.05) is 72.8 Å². The minimum absolute atomic E-state index is 0.137. The minimum atomic E-state index is -0.137. The summed E-state index contributed by atoms with van der Waals surface area (Å²) in [6.07, 6.45) is 3.58. The largest absolute Gasteiger partial charge is 0.497 e. The predicted octanol–water partition coefficient (Wildman–Crippen LogP) is 6.12. The zero-order valence-electron chi connectivity index (χ0n) is 20.1. The van der Waals surface area contributed by atoms with E-state index in [9.17, 15) is 9.59 Å². The first-order valence-corrected chi connectivity index (χ1v) is 11.7. The number of nitrogens with zero attached hydrogens (tertiary/aromatic N) is 1. The molecule has 0 spiro atoms. The molecule has 0 aliphatic heterocycles. The van der Waals surface area contributed by atoms with Crippen LogP contribution in [0.5, 0.6) is 5.75 Å². The number of hydrogen-bond acceptors (Lipinski definition) is 3. The summed E-state index contributed by atoms with van der Waals surface area (Å²) < 4.78 is 5.16. The van der Waals surface area contributed by atoms with E-state index in [-0.39, 0.29) is 18.2 Å². The highest BCUT2D eigenvalue weighted by molar-refractivity contribution is 6.04. The van der Waals surface area contributed by atoms with Gasteiger partial charge in [-0.3, -0.25) is 9.59 Å². The van der Waals surface area contributed by atoms with E-state index < -0.39 is 0 Å². The smallest absolute Gasteiger partial charge is 0.251 e. The quantitative estimate of drug-likeness (QED) is 0.296. The molecule has 0 bridgehead atoms. The van der Waals surface area contributed by atoms with E-state index >= 15 is 0 Å². The fourth-order valence-corrected chi connectivity index (χ4v) is 3.78. The van der Waals surface area contributed by atoms with E-state index in [0.717, 1.165) is 28.1 Å². The number of carbonyl (C=O) groups is 2. The molecule has 4 aromatic carbocycles. The summed E-state index contributed by atoms with van der Waals surface area (Å²) >= 11 is 0. The molecule has 4 rings (SSSR count). The molecule has 4 aromatic rings. The molecule has 5 heteroatoms. The van der Waals surface area contributed by atoms with Crippen molar-refractivity contribution in [1.82, 2.24) is 0 Å². The average Bonchev–Trinajstić information content (AvgIpc) is 2.92. The maximum Gasteiger partial charge on any atom is 0.251 e. The van der Waals surface area contributed by atoms with Gasteiger partial charge < -0.3 is 15.0 Å². The monoisotopic (exact) mass is 476 g/mol. The Labute approximate surface area is 211 Å². The molecule has 36 heavy (non-hydrogen) atoms. The Morgan fingerprint density at radius 2 is 1.47 bits per heavy atom. The van der Waals surface area contributed by atoms with Crippen molar-refractivity contribution >= 4 is 29.3 Å². The average molecular weight is 477 g/mol. The highest BCUT2D eigenvalue weighted by Crippen LogP contribution is 2.21. The molecule has 0 aromatic heterocycles. The topological polar surface area (TPSA) is 58.6 Å². The molecule has 0 fully saturated rings. The Morgan fingerprint density at radius 1 is 0.806 bits per heavy atom. The number of ether oxygens (including phenoxy) is 1. The Morgan fingerprint density at radius 3 is 2.17 bits per heavy atom. The molecular formula is C31H28N2O3. The van der Waals surface area contributed by atoms with Crippen LogP contribution in [-0.2, 0) is 22.6 Å². The molecule has 0 heterocycles. The van der Waals surface area contributed by atoms with E-state index in [1.165, 1.54) is 0 Å². The van der Waals surface area contributed by atoms with Gasteiger partial charge in [0.2, 0.25) is 5.91 Å². The minimum Gasteiger partial charge on any atom is -0.497 e. The summed E-state index contributed by atoms with van der Waals surface area (Å²) in [7, 11) is 1.60. The molecule has 0 atom stereocenters. The molecule has 1 N–H and O–H groups in total. The Hall–Kier alpha value is -4.64. The molecule has 0 saturated carbocycles. The van der Waals surface area contributed by atoms with Crippen molar-refractivity contribution in [3.63, 3.8) is 0 Å². The Bertz CT molecular complexity index is 1320. The van der Waals surface area contributed by atoms with Crippen molar-refractivity contribution < 1.29 is 14.3 Å². The first-order chi connectivity index (χ1) is 17.6. The fourth-order valence-electron chi connectivity index (χ4n) is 3.78. The van der Waals surface area contributed by atoms with Crippen molar-refractivity contribution in [3.8, 4) is 5.75 Å². The first kappa shape index (κ1) is 24.5. The van der Waals surface area contributed by atoms with E-state index in [0.29, 0.717) is 12.2 Å². The third kappa shape index (κ3) is 6.93. The van der Waals surface area contributed by atoms with Crippen molar-refractivity contribution in [2.24, 2.45) is 0 Å². The SMILES string of the molecule is COc1ccc(NC(=O)Cc2cccc(N(Cc3ccccc3)C(=O)/C=C/c3ccccc3)c2)cc1. The number of rotatable bonds is 9. The van der Waals surface area contributed by atoms with Crippen molar-refractivity contribution in [3.05, 3.63) is 132 Å². The third-order valence-electron chi connectivity index (χ3n) is 5.63. The second-order valence-corrected chi connectivity index (χ2v) is 8.28. The van der Waals surface area contributed by atoms with Crippen molar-refractivity contribution in [1.29, 1.82) is 0 Å². The maximum absolute atomic E-state index is 13.3. The highest BCUT2D eigenvalue weighted by Gasteiger charge is 2.15. The molecule has 0 saturated heterocycles. The van der Waals surface area contributed by atoms with E-state index in [1.54, 1.807) is 42.4 Å². The number of hydrogen-bond donors (Lipinski definition) is 1. The van der Waals surface area contributed by atoms with Crippen LogP contribution < -0.4 is 15.0 Å². The fraction of sp³-hybridized carbons (Fsp3) is 0.0968. The lowest BCUT2D eigenvalue weighted by atomic mass is 10.1. The number of benzene rings is 4. The van der Waals surface area contributed by atoms with Gasteiger partial charge in [-0.25, -0.2) is 0 Å². The zero-order chi connectivity index (χ0) is 25.2. The van der Waals surface area contributed by atoms with Gasteiger partial charge in [0.1, 0.15) is 5.75 Å². The van der Waals surface area contributed by atoms with Crippen LogP contribution >= 0.6 is 0 Å². The van der Waals surface area contributed by atoms with Crippen LogP contribution in [0, 0.1) is 0 Å². The van der Waals surface area contributed by atoms with Gasteiger partial charge in [-0.2, -0.15) is 0 Å². The second-order valence-electron chi connectivity index (χ2n) is 8.28. The van der Waals surface area contributed by atoms with Crippen molar-refractivity contribution in [2.45, 2.75) is 13.0 Å². The molecule has 2 amide bonds. The molecule has 0 aliphatic carbocycles. The van der Waals surface area contributed by atoms with Crippen LogP contribution in [0.2, 0.25) is 0 Å². The Kier molecular flexibility index (Phi) is 8.28. The van der Waals surface area contributed by atoms with Gasteiger partial charge in [0.15, 0.2) is 0 Å². The zero-order valence-corrected chi connectivity index (χ0v) is 20.1. The van der Waals surface area contributed by atoms with Gasteiger partial charge >= 0.3 is 0 Å². The number of carbonyl (C=O) groups excluding carboxylic acids is 2. The van der Waals surface area contributed by atoms with E-state index in [4.69, 9.17) is 4.74 Å². The number of nitrogens with one attached hydrogen (secondary N) is 1. The lowest BCUT2D eigenvalue weighted by molar-refractivity contribution is -0.115. The Balaban J connectivity index is 1.52. The van der Waals surface area contributed by atoms with E-state index in [1.807, 2.05) is 91.0 Å². The molecule has 0 radical (unpaired) electrons. The number of amides is 2. The lowest BCUT2D eigenvalue weighted by Gasteiger charge is -2.22. The number of anilines is 2. The van der Waals surface area contributed by atoms with Gasteiger partial charge in [-0.05, 0) is 59.2 Å². The highest BCUT2D eigenvalue weighted by atomic mass is 16.5. The molecule has 0 aliphatic rings. The lowest BCUT2D eigenvalue weighted by Crippen LogP contribution is -2.28. The van der Waals surface area contributed by atoms with Gasteiger partial charge in [0, 0.05) is 17.5 Å². The van der Waals surface area contributed by atoms with E-state index in [2.05, 4.69) is 5.32 Å².